The monoisotopic (exact) mass is 260 g/mol. The average molecular weight is 260 g/mol. The third-order valence-corrected chi connectivity index (χ3v) is 3.03. The number of benzene rings is 1. The zero-order valence-corrected chi connectivity index (χ0v) is 10.1. The molecule has 3 rings (SSSR count). The van der Waals surface area contributed by atoms with Gasteiger partial charge in [-0.3, -0.25) is 4.79 Å². The van der Waals surface area contributed by atoms with Gasteiger partial charge >= 0.3 is 0 Å². The molecular formula is C13H13FN4O. The number of anilines is 1. The molecule has 19 heavy (non-hydrogen) atoms. The van der Waals surface area contributed by atoms with Gasteiger partial charge in [-0.05, 0) is 37.1 Å². The van der Waals surface area contributed by atoms with Crippen molar-refractivity contribution in [2.45, 2.75) is 18.9 Å². The molecule has 1 aliphatic carbocycles. The van der Waals surface area contributed by atoms with Crippen LogP contribution < -0.4 is 11.1 Å². The van der Waals surface area contributed by atoms with Crippen LogP contribution in [0.4, 0.5) is 10.2 Å². The first-order valence-corrected chi connectivity index (χ1v) is 6.05. The molecule has 0 spiro atoms. The van der Waals surface area contributed by atoms with Crippen LogP contribution in [-0.4, -0.2) is 21.7 Å². The maximum atomic E-state index is 12.9. The van der Waals surface area contributed by atoms with Crippen LogP contribution in [0.15, 0.2) is 30.5 Å². The van der Waals surface area contributed by atoms with Crippen molar-refractivity contribution in [2.75, 3.05) is 5.73 Å². The molecule has 0 unspecified atom stereocenters. The van der Waals surface area contributed by atoms with Crippen molar-refractivity contribution in [3.8, 4) is 5.69 Å². The van der Waals surface area contributed by atoms with E-state index in [9.17, 15) is 9.18 Å². The van der Waals surface area contributed by atoms with E-state index in [4.69, 9.17) is 5.73 Å². The van der Waals surface area contributed by atoms with Crippen molar-refractivity contribution in [1.82, 2.24) is 15.1 Å². The molecule has 1 amide bonds. The summed E-state index contributed by atoms with van der Waals surface area (Å²) in [4.78, 5) is 11.9. The van der Waals surface area contributed by atoms with Gasteiger partial charge in [0.25, 0.3) is 5.91 Å². The molecule has 0 bridgehead atoms. The number of nitrogens with two attached hydrogens (primary N) is 1. The lowest BCUT2D eigenvalue weighted by molar-refractivity contribution is 0.0952. The number of halogens is 1. The maximum Gasteiger partial charge on any atom is 0.256 e. The summed E-state index contributed by atoms with van der Waals surface area (Å²) in [6.07, 6.45) is 3.45. The molecule has 1 aliphatic rings. The van der Waals surface area contributed by atoms with Gasteiger partial charge in [0.2, 0.25) is 0 Å². The van der Waals surface area contributed by atoms with E-state index in [1.54, 1.807) is 12.1 Å². The number of carbonyl (C=O) groups excluding carboxylic acids is 1. The largest absolute Gasteiger partial charge is 0.383 e. The standard InChI is InChI=1S/C13H13FN4O/c14-8-1-5-10(6-2-8)18-12(15)11(7-16-18)13(19)17-9-3-4-9/h1-2,5-7,9H,3-4,15H2,(H,17,19). The molecular weight excluding hydrogens is 247 g/mol. The second-order valence-corrected chi connectivity index (χ2v) is 4.58. The van der Waals surface area contributed by atoms with E-state index in [1.165, 1.54) is 23.0 Å². The third-order valence-electron chi connectivity index (χ3n) is 3.03. The molecule has 1 aromatic carbocycles. The number of carbonyl (C=O) groups is 1. The Morgan fingerprint density at radius 2 is 2.05 bits per heavy atom. The van der Waals surface area contributed by atoms with Crippen LogP contribution in [0.2, 0.25) is 0 Å². The zero-order valence-electron chi connectivity index (χ0n) is 10.1. The molecule has 5 nitrogen and oxygen atoms in total. The van der Waals surface area contributed by atoms with Gasteiger partial charge in [-0.1, -0.05) is 0 Å². The fourth-order valence-electron chi connectivity index (χ4n) is 1.81. The summed E-state index contributed by atoms with van der Waals surface area (Å²) in [6.45, 7) is 0. The minimum atomic E-state index is -0.332. The lowest BCUT2D eigenvalue weighted by Gasteiger charge is -2.05. The van der Waals surface area contributed by atoms with Crippen LogP contribution >= 0.6 is 0 Å². The van der Waals surface area contributed by atoms with Gasteiger partial charge in [0.1, 0.15) is 17.2 Å². The minimum absolute atomic E-state index is 0.214. The molecule has 98 valence electrons. The quantitative estimate of drug-likeness (QED) is 0.878. The Morgan fingerprint density at radius 3 is 2.68 bits per heavy atom. The highest BCUT2D eigenvalue weighted by molar-refractivity contribution is 5.98. The van der Waals surface area contributed by atoms with Gasteiger partial charge < -0.3 is 11.1 Å². The summed E-state index contributed by atoms with van der Waals surface area (Å²) in [7, 11) is 0. The molecule has 1 fully saturated rings. The number of hydrogen-bond donors (Lipinski definition) is 2. The van der Waals surface area contributed by atoms with E-state index in [1.807, 2.05) is 0 Å². The summed E-state index contributed by atoms with van der Waals surface area (Å²) in [5, 5.41) is 6.93. The van der Waals surface area contributed by atoms with E-state index in [-0.39, 0.29) is 23.6 Å². The van der Waals surface area contributed by atoms with Crippen molar-refractivity contribution in [3.63, 3.8) is 0 Å². The van der Waals surface area contributed by atoms with Gasteiger partial charge in [-0.2, -0.15) is 5.10 Å². The number of hydrogen-bond acceptors (Lipinski definition) is 3. The van der Waals surface area contributed by atoms with Crippen LogP contribution in [-0.2, 0) is 0 Å². The summed E-state index contributed by atoms with van der Waals surface area (Å²) < 4.78 is 14.3. The van der Waals surface area contributed by atoms with Crippen LogP contribution in [0.25, 0.3) is 5.69 Å². The Balaban J connectivity index is 1.89. The fraction of sp³-hybridized carbons (Fsp3) is 0.231. The normalized spacial score (nSPS) is 14.4. The van der Waals surface area contributed by atoms with Crippen molar-refractivity contribution in [3.05, 3.63) is 41.8 Å². The number of nitrogens with zero attached hydrogens (tertiary/aromatic N) is 2. The number of nitrogen functional groups attached to an aromatic ring is 1. The summed E-state index contributed by atoms with van der Waals surface area (Å²) in [5.74, 6) is -0.292. The fourth-order valence-corrected chi connectivity index (χ4v) is 1.81. The van der Waals surface area contributed by atoms with Gasteiger partial charge in [0.05, 0.1) is 11.9 Å². The van der Waals surface area contributed by atoms with Crippen LogP contribution in [0.1, 0.15) is 23.2 Å². The smallest absolute Gasteiger partial charge is 0.256 e. The molecule has 0 saturated heterocycles. The topological polar surface area (TPSA) is 72.9 Å². The van der Waals surface area contributed by atoms with E-state index in [2.05, 4.69) is 10.4 Å². The highest BCUT2D eigenvalue weighted by Crippen LogP contribution is 2.21. The van der Waals surface area contributed by atoms with Crippen molar-refractivity contribution < 1.29 is 9.18 Å². The average Bonchev–Trinajstić information content (AvgIpc) is 3.12. The van der Waals surface area contributed by atoms with Crippen LogP contribution in [0, 0.1) is 5.82 Å². The number of amides is 1. The number of rotatable bonds is 3. The molecule has 1 heterocycles. The first-order valence-electron chi connectivity index (χ1n) is 6.05. The van der Waals surface area contributed by atoms with Crippen molar-refractivity contribution in [1.29, 1.82) is 0 Å². The Hall–Kier alpha value is -2.37. The van der Waals surface area contributed by atoms with Gasteiger partial charge in [-0.15, -0.1) is 0 Å². The SMILES string of the molecule is Nc1c(C(=O)NC2CC2)cnn1-c1ccc(F)cc1. The molecule has 1 aromatic heterocycles. The molecule has 0 atom stereocenters. The molecule has 6 heteroatoms. The van der Waals surface area contributed by atoms with Gasteiger partial charge in [0.15, 0.2) is 0 Å². The Bertz CT molecular complexity index is 616. The summed E-state index contributed by atoms with van der Waals surface area (Å²) in [6, 6.07) is 6.02. The number of aromatic nitrogens is 2. The van der Waals surface area contributed by atoms with E-state index >= 15 is 0 Å². The second kappa shape index (κ2) is 4.38. The second-order valence-electron chi connectivity index (χ2n) is 4.58. The molecule has 0 aliphatic heterocycles. The van der Waals surface area contributed by atoms with Gasteiger partial charge in [-0.25, -0.2) is 9.07 Å². The van der Waals surface area contributed by atoms with E-state index in [0.717, 1.165) is 12.8 Å². The summed E-state index contributed by atoms with van der Waals surface area (Å²) in [5.41, 5.74) is 6.88. The predicted molar refractivity (Wildman–Crippen MR) is 68.4 cm³/mol. The Morgan fingerprint density at radius 1 is 1.37 bits per heavy atom. The molecule has 3 N–H and O–H groups in total. The lowest BCUT2D eigenvalue weighted by atomic mass is 10.3. The first kappa shape index (κ1) is 11.7. The maximum absolute atomic E-state index is 12.9. The molecule has 2 aromatic rings. The predicted octanol–water partition coefficient (Wildman–Crippen LogP) is 1.49. The van der Waals surface area contributed by atoms with Crippen LogP contribution in [0.3, 0.4) is 0 Å². The zero-order chi connectivity index (χ0) is 13.4. The third kappa shape index (κ3) is 2.29. The van der Waals surface area contributed by atoms with E-state index < -0.39 is 0 Å². The lowest BCUT2D eigenvalue weighted by Crippen LogP contribution is -2.25. The molecule has 1 saturated carbocycles. The minimum Gasteiger partial charge on any atom is -0.383 e. The Labute approximate surface area is 109 Å². The highest BCUT2D eigenvalue weighted by Gasteiger charge is 2.25. The number of nitrogens with one attached hydrogen (secondary N) is 1. The van der Waals surface area contributed by atoms with Crippen LogP contribution in [0.5, 0.6) is 0 Å². The van der Waals surface area contributed by atoms with Gasteiger partial charge in [0, 0.05) is 6.04 Å². The Kier molecular flexibility index (Phi) is 2.70. The summed E-state index contributed by atoms with van der Waals surface area (Å²) >= 11 is 0. The first-order chi connectivity index (χ1) is 9.15. The van der Waals surface area contributed by atoms with Crippen molar-refractivity contribution in [2.24, 2.45) is 0 Å². The van der Waals surface area contributed by atoms with E-state index in [0.29, 0.717) is 11.3 Å². The molecule has 0 radical (unpaired) electrons. The van der Waals surface area contributed by atoms with Crippen molar-refractivity contribution >= 4 is 11.7 Å². The highest BCUT2D eigenvalue weighted by atomic mass is 19.1.